The molecule has 100 valence electrons. The summed E-state index contributed by atoms with van der Waals surface area (Å²) in [4.78, 5) is 23.7. The molecule has 3 rings (SSSR count). The van der Waals surface area contributed by atoms with Gasteiger partial charge < -0.3 is 4.74 Å². The van der Waals surface area contributed by atoms with Crippen molar-refractivity contribution in [2.24, 2.45) is 5.92 Å². The Morgan fingerprint density at radius 2 is 2.17 bits per heavy atom. The quantitative estimate of drug-likeness (QED) is 0.631. The molecular formula is C12H19N3O3. The van der Waals surface area contributed by atoms with Crippen LogP contribution in [0.5, 0.6) is 0 Å². The zero-order chi connectivity index (χ0) is 12.7. The fourth-order valence-electron chi connectivity index (χ4n) is 3.41. The van der Waals surface area contributed by atoms with Gasteiger partial charge in [-0.3, -0.25) is 19.9 Å². The van der Waals surface area contributed by atoms with E-state index in [-0.39, 0.29) is 24.5 Å². The fourth-order valence-corrected chi connectivity index (χ4v) is 3.41. The van der Waals surface area contributed by atoms with Crippen molar-refractivity contribution in [3.63, 3.8) is 0 Å². The summed E-state index contributed by atoms with van der Waals surface area (Å²) in [5.74, 6) is 0.0564. The normalized spacial score (nSPS) is 39.2. The molecule has 1 aliphatic carbocycles. The van der Waals surface area contributed by atoms with E-state index < -0.39 is 6.04 Å². The molecule has 3 aliphatic rings. The van der Waals surface area contributed by atoms with Crippen molar-refractivity contribution < 1.29 is 14.3 Å². The molecule has 18 heavy (non-hydrogen) atoms. The van der Waals surface area contributed by atoms with Crippen molar-refractivity contribution in [2.45, 2.75) is 50.4 Å². The Morgan fingerprint density at radius 3 is 2.94 bits per heavy atom. The van der Waals surface area contributed by atoms with Crippen molar-refractivity contribution >= 4 is 11.9 Å². The van der Waals surface area contributed by atoms with Gasteiger partial charge in [-0.2, -0.15) is 0 Å². The van der Waals surface area contributed by atoms with Crippen LogP contribution >= 0.6 is 0 Å². The van der Waals surface area contributed by atoms with Crippen LogP contribution in [0.3, 0.4) is 0 Å². The maximum absolute atomic E-state index is 12.1. The predicted octanol–water partition coefficient (Wildman–Crippen LogP) is -0.247. The lowest BCUT2D eigenvalue weighted by Crippen LogP contribution is -2.61. The highest BCUT2D eigenvalue weighted by Crippen LogP contribution is 2.35. The Bertz CT molecular complexity index is 374. The van der Waals surface area contributed by atoms with Crippen LogP contribution in [0.2, 0.25) is 0 Å². The molecule has 4 atom stereocenters. The number of esters is 1. The van der Waals surface area contributed by atoms with Crippen LogP contribution < -0.4 is 10.7 Å². The van der Waals surface area contributed by atoms with Gasteiger partial charge >= 0.3 is 5.97 Å². The average Bonchev–Trinajstić information content (AvgIpc) is 2.77. The minimum Gasteiger partial charge on any atom is -0.468 e. The number of carbonyl (C=O) groups excluding carboxylic acids is 2. The van der Waals surface area contributed by atoms with Crippen LogP contribution in [-0.2, 0) is 14.3 Å². The minimum absolute atomic E-state index is 0.0106. The van der Waals surface area contributed by atoms with Gasteiger partial charge in [0.1, 0.15) is 12.2 Å². The molecule has 0 aromatic carbocycles. The number of ether oxygens (including phenoxy) is 1. The summed E-state index contributed by atoms with van der Waals surface area (Å²) in [6.07, 6.45) is 4.74. The SMILES string of the molecule is COC(=O)C1CC(=O)N2NC3CCCCC3C2N1. The summed E-state index contributed by atoms with van der Waals surface area (Å²) in [7, 11) is 1.36. The summed E-state index contributed by atoms with van der Waals surface area (Å²) in [5.41, 5.74) is 3.29. The number of hydrogen-bond donors (Lipinski definition) is 2. The molecule has 6 nitrogen and oxygen atoms in total. The van der Waals surface area contributed by atoms with Crippen molar-refractivity contribution in [1.82, 2.24) is 15.8 Å². The minimum atomic E-state index is -0.494. The van der Waals surface area contributed by atoms with Crippen LogP contribution in [-0.4, -0.2) is 42.2 Å². The third-order valence-corrected chi connectivity index (χ3v) is 4.31. The lowest BCUT2D eigenvalue weighted by molar-refractivity contribution is -0.153. The third kappa shape index (κ3) is 1.80. The number of methoxy groups -OCH3 is 1. The molecule has 3 fully saturated rings. The van der Waals surface area contributed by atoms with Gasteiger partial charge in [0.25, 0.3) is 0 Å². The third-order valence-electron chi connectivity index (χ3n) is 4.31. The molecule has 0 aromatic rings. The summed E-state index contributed by atoms with van der Waals surface area (Å²) in [6, 6.07) is -0.122. The molecule has 0 bridgehead atoms. The standard InChI is InChI=1S/C12H19N3O3/c1-18-12(17)9-6-10(16)15-11(13-9)7-4-2-3-5-8(7)14-15/h7-9,11,13-14H,2-6H2,1H3. The van der Waals surface area contributed by atoms with E-state index in [0.717, 1.165) is 12.8 Å². The molecule has 1 amide bonds. The smallest absolute Gasteiger partial charge is 0.323 e. The zero-order valence-electron chi connectivity index (χ0n) is 10.5. The molecule has 2 aliphatic heterocycles. The number of nitrogens with one attached hydrogen (secondary N) is 2. The van der Waals surface area contributed by atoms with Gasteiger partial charge in [0.2, 0.25) is 5.91 Å². The van der Waals surface area contributed by atoms with E-state index in [4.69, 9.17) is 4.74 Å². The van der Waals surface area contributed by atoms with Gasteiger partial charge in [0.05, 0.1) is 13.5 Å². The van der Waals surface area contributed by atoms with Gasteiger partial charge in [0.15, 0.2) is 0 Å². The average molecular weight is 253 g/mol. The van der Waals surface area contributed by atoms with Crippen LogP contribution in [0.25, 0.3) is 0 Å². The maximum atomic E-state index is 12.1. The molecular weight excluding hydrogens is 234 g/mol. The Labute approximate surface area is 106 Å². The molecule has 0 spiro atoms. The second-order valence-electron chi connectivity index (χ2n) is 5.34. The first-order chi connectivity index (χ1) is 8.70. The number of hydrazine groups is 1. The van der Waals surface area contributed by atoms with E-state index in [1.54, 1.807) is 5.01 Å². The van der Waals surface area contributed by atoms with Gasteiger partial charge in [-0.1, -0.05) is 12.8 Å². The Kier molecular flexibility index (Phi) is 2.99. The number of rotatable bonds is 1. The van der Waals surface area contributed by atoms with Crippen LogP contribution in [0.15, 0.2) is 0 Å². The summed E-state index contributed by atoms with van der Waals surface area (Å²) < 4.78 is 4.73. The van der Waals surface area contributed by atoms with Crippen LogP contribution in [0.4, 0.5) is 0 Å². The lowest BCUT2D eigenvalue weighted by Gasteiger charge is -2.36. The predicted molar refractivity (Wildman–Crippen MR) is 63.1 cm³/mol. The van der Waals surface area contributed by atoms with Crippen molar-refractivity contribution in [3.8, 4) is 0 Å². The van der Waals surface area contributed by atoms with E-state index in [1.165, 1.54) is 20.0 Å². The maximum Gasteiger partial charge on any atom is 0.323 e. The monoisotopic (exact) mass is 253 g/mol. The van der Waals surface area contributed by atoms with E-state index in [0.29, 0.717) is 12.0 Å². The Hall–Kier alpha value is -1.14. The number of carbonyl (C=O) groups is 2. The van der Waals surface area contributed by atoms with Gasteiger partial charge in [-0.05, 0) is 12.8 Å². The highest BCUT2D eigenvalue weighted by molar-refractivity contribution is 5.86. The molecule has 6 heteroatoms. The second kappa shape index (κ2) is 4.51. The molecule has 2 saturated heterocycles. The zero-order valence-corrected chi connectivity index (χ0v) is 10.5. The fraction of sp³-hybridized carbons (Fsp3) is 0.833. The summed E-state index contributed by atoms with van der Waals surface area (Å²) in [6.45, 7) is 0. The van der Waals surface area contributed by atoms with E-state index in [9.17, 15) is 9.59 Å². The number of nitrogens with zero attached hydrogens (tertiary/aromatic N) is 1. The van der Waals surface area contributed by atoms with E-state index in [1.807, 2.05) is 0 Å². The first-order valence-electron chi connectivity index (χ1n) is 6.63. The highest BCUT2D eigenvalue weighted by atomic mass is 16.5. The molecule has 1 saturated carbocycles. The Balaban J connectivity index is 1.78. The Morgan fingerprint density at radius 1 is 1.39 bits per heavy atom. The van der Waals surface area contributed by atoms with E-state index in [2.05, 4.69) is 10.7 Å². The topological polar surface area (TPSA) is 70.7 Å². The van der Waals surface area contributed by atoms with Crippen LogP contribution in [0.1, 0.15) is 32.1 Å². The number of hydrogen-bond acceptors (Lipinski definition) is 5. The summed E-state index contributed by atoms with van der Waals surface area (Å²) in [5, 5.41) is 4.96. The highest BCUT2D eigenvalue weighted by Gasteiger charge is 2.49. The molecule has 0 radical (unpaired) electrons. The van der Waals surface area contributed by atoms with Gasteiger partial charge in [0, 0.05) is 12.0 Å². The van der Waals surface area contributed by atoms with Crippen LogP contribution in [0, 0.1) is 5.92 Å². The van der Waals surface area contributed by atoms with Crippen molar-refractivity contribution in [3.05, 3.63) is 0 Å². The first-order valence-corrected chi connectivity index (χ1v) is 6.63. The molecule has 4 unspecified atom stereocenters. The lowest BCUT2D eigenvalue weighted by atomic mass is 9.83. The van der Waals surface area contributed by atoms with Gasteiger partial charge in [-0.25, -0.2) is 5.43 Å². The van der Waals surface area contributed by atoms with Gasteiger partial charge in [-0.15, -0.1) is 0 Å². The number of amides is 1. The largest absolute Gasteiger partial charge is 0.468 e. The summed E-state index contributed by atoms with van der Waals surface area (Å²) >= 11 is 0. The first kappa shape index (κ1) is 11.9. The second-order valence-corrected chi connectivity index (χ2v) is 5.34. The molecule has 2 heterocycles. The molecule has 2 N–H and O–H groups in total. The van der Waals surface area contributed by atoms with E-state index >= 15 is 0 Å². The molecule has 0 aromatic heterocycles. The number of fused-ring (bicyclic) bond motifs is 3. The van der Waals surface area contributed by atoms with Crippen molar-refractivity contribution in [1.29, 1.82) is 0 Å². The van der Waals surface area contributed by atoms with Crippen molar-refractivity contribution in [2.75, 3.05) is 7.11 Å².